The number of aromatic nitrogens is 2. The van der Waals surface area contributed by atoms with Crippen LogP contribution in [0.2, 0.25) is 5.02 Å². The van der Waals surface area contributed by atoms with Crippen LogP contribution in [0.1, 0.15) is 26.4 Å². The molecule has 4 aromatic rings. The minimum absolute atomic E-state index is 0.0259. The van der Waals surface area contributed by atoms with Crippen molar-refractivity contribution in [3.05, 3.63) is 91.8 Å². The Labute approximate surface area is 200 Å². The highest BCUT2D eigenvalue weighted by atomic mass is 35.5. The molecule has 8 heteroatoms. The van der Waals surface area contributed by atoms with Gasteiger partial charge in [0.15, 0.2) is 0 Å². The number of nitrogens with zero attached hydrogens (tertiary/aromatic N) is 3. The molecule has 3 heterocycles. The lowest BCUT2D eigenvalue weighted by atomic mass is 10.0. The number of benzene rings is 2. The maximum atomic E-state index is 13.3. The second kappa shape index (κ2) is 9.00. The van der Waals surface area contributed by atoms with Gasteiger partial charge in [-0.05, 0) is 48.2 Å². The molecule has 0 aliphatic carbocycles. The van der Waals surface area contributed by atoms with Crippen LogP contribution in [0.5, 0.6) is 5.75 Å². The topological polar surface area (TPSA) is 64.4 Å². The fourth-order valence-electron chi connectivity index (χ4n) is 4.31. The van der Waals surface area contributed by atoms with Gasteiger partial charge in [-0.3, -0.25) is 14.2 Å². The van der Waals surface area contributed by atoms with Gasteiger partial charge in [-0.15, -0.1) is 11.3 Å². The summed E-state index contributed by atoms with van der Waals surface area (Å²) in [5.41, 5.74) is 2.62. The van der Waals surface area contributed by atoms with Gasteiger partial charge in [0, 0.05) is 28.6 Å². The summed E-state index contributed by atoms with van der Waals surface area (Å²) >= 11 is 7.55. The van der Waals surface area contributed by atoms with E-state index in [4.69, 9.17) is 16.3 Å². The molecule has 33 heavy (non-hydrogen) atoms. The van der Waals surface area contributed by atoms with Crippen LogP contribution >= 0.6 is 22.9 Å². The van der Waals surface area contributed by atoms with Crippen molar-refractivity contribution in [2.45, 2.75) is 25.9 Å². The Morgan fingerprint density at radius 3 is 2.88 bits per heavy atom. The van der Waals surface area contributed by atoms with Crippen molar-refractivity contribution >= 4 is 39.1 Å². The third kappa shape index (κ3) is 4.14. The highest BCUT2D eigenvalue weighted by Crippen LogP contribution is 2.33. The molecule has 6 nitrogen and oxygen atoms in total. The first kappa shape index (κ1) is 21.7. The number of aryl methyl sites for hydroxylation is 2. The van der Waals surface area contributed by atoms with Gasteiger partial charge in [0.1, 0.15) is 10.6 Å². The number of para-hydroxylation sites is 1. The lowest BCUT2D eigenvalue weighted by molar-refractivity contribution is 0.0737. The smallest absolute Gasteiger partial charge is 0.262 e. The number of halogens is 1. The molecular formula is C25H22ClN3O3S. The molecule has 0 saturated heterocycles. The summed E-state index contributed by atoms with van der Waals surface area (Å²) in [4.78, 5) is 34.4. The molecule has 1 amide bonds. The van der Waals surface area contributed by atoms with Crippen molar-refractivity contribution in [1.29, 1.82) is 0 Å². The number of fused-ring (bicyclic) bond motifs is 3. The van der Waals surface area contributed by atoms with E-state index in [1.54, 1.807) is 42.3 Å². The Kier molecular flexibility index (Phi) is 5.91. The number of carbonyl (C=O) groups is 1. The lowest BCUT2D eigenvalue weighted by Gasteiger charge is -2.27. The Bertz CT molecular complexity index is 1410. The maximum Gasteiger partial charge on any atom is 0.262 e. The Morgan fingerprint density at radius 2 is 2.06 bits per heavy atom. The predicted molar refractivity (Wildman–Crippen MR) is 130 cm³/mol. The summed E-state index contributed by atoms with van der Waals surface area (Å²) in [6, 6.07) is 14.8. The second-order valence-electron chi connectivity index (χ2n) is 7.98. The zero-order valence-corrected chi connectivity index (χ0v) is 19.7. The van der Waals surface area contributed by atoms with E-state index in [0.29, 0.717) is 48.4 Å². The van der Waals surface area contributed by atoms with Gasteiger partial charge in [0.25, 0.3) is 11.5 Å². The van der Waals surface area contributed by atoms with Gasteiger partial charge in [-0.1, -0.05) is 35.9 Å². The zero-order chi connectivity index (χ0) is 22.9. The molecule has 0 radical (unpaired) electrons. The van der Waals surface area contributed by atoms with E-state index in [-0.39, 0.29) is 11.5 Å². The number of rotatable bonds is 5. The van der Waals surface area contributed by atoms with Gasteiger partial charge in [0.05, 0.1) is 25.4 Å². The van der Waals surface area contributed by atoms with Crippen LogP contribution < -0.4 is 10.3 Å². The quantitative estimate of drug-likeness (QED) is 0.421. The number of methoxy groups -OCH3 is 1. The largest absolute Gasteiger partial charge is 0.496 e. The molecule has 1 aliphatic rings. The van der Waals surface area contributed by atoms with Gasteiger partial charge >= 0.3 is 0 Å². The van der Waals surface area contributed by atoms with Crippen LogP contribution in [0.3, 0.4) is 0 Å². The second-order valence-corrected chi connectivity index (χ2v) is 9.50. The van der Waals surface area contributed by atoms with Crippen molar-refractivity contribution in [1.82, 2.24) is 14.5 Å². The average Bonchev–Trinajstić information content (AvgIpc) is 3.22. The van der Waals surface area contributed by atoms with E-state index >= 15 is 0 Å². The molecule has 0 atom stereocenters. The fourth-order valence-corrected chi connectivity index (χ4v) is 5.69. The highest BCUT2D eigenvalue weighted by Gasteiger charge is 2.27. The number of hydrogen-bond donors (Lipinski definition) is 0. The SMILES string of the molecule is COc1ccccc1CCn1cnc2sc3c(c2c1=O)CCN(C(=O)c1cccc(Cl)c1)C3. The first-order valence-electron chi connectivity index (χ1n) is 10.7. The standard InChI is InChI=1S/C25H22ClN3O3S/c1-32-20-8-3-2-5-16(20)9-11-29-15-27-23-22(25(29)31)19-10-12-28(14-21(19)33-23)24(30)17-6-4-7-18(26)13-17/h2-8,13,15H,9-12,14H2,1H3. The Morgan fingerprint density at radius 1 is 1.21 bits per heavy atom. The monoisotopic (exact) mass is 479 g/mol. The average molecular weight is 480 g/mol. The van der Waals surface area contributed by atoms with E-state index in [9.17, 15) is 9.59 Å². The van der Waals surface area contributed by atoms with Crippen molar-refractivity contribution in [2.24, 2.45) is 0 Å². The molecule has 2 aromatic carbocycles. The molecule has 0 saturated carbocycles. The molecule has 0 unspecified atom stereocenters. The molecule has 0 N–H and O–H groups in total. The van der Waals surface area contributed by atoms with Gasteiger partial charge in [0.2, 0.25) is 0 Å². The third-order valence-electron chi connectivity index (χ3n) is 6.00. The molecule has 168 valence electrons. The maximum absolute atomic E-state index is 13.3. The summed E-state index contributed by atoms with van der Waals surface area (Å²) in [5, 5.41) is 1.23. The fraction of sp³-hybridized carbons (Fsp3) is 0.240. The van der Waals surface area contributed by atoms with Crippen LogP contribution in [0.4, 0.5) is 0 Å². The van der Waals surface area contributed by atoms with Crippen LogP contribution in [-0.2, 0) is 25.9 Å². The minimum Gasteiger partial charge on any atom is -0.496 e. The lowest BCUT2D eigenvalue weighted by Crippen LogP contribution is -2.35. The molecule has 2 aromatic heterocycles. The van der Waals surface area contributed by atoms with E-state index in [2.05, 4.69) is 4.98 Å². The van der Waals surface area contributed by atoms with E-state index < -0.39 is 0 Å². The Hall–Kier alpha value is -3.16. The minimum atomic E-state index is -0.0530. The van der Waals surface area contributed by atoms with Gasteiger partial charge in [-0.25, -0.2) is 4.98 Å². The van der Waals surface area contributed by atoms with Crippen molar-refractivity contribution in [3.8, 4) is 5.75 Å². The third-order valence-corrected chi connectivity index (χ3v) is 7.36. The van der Waals surface area contributed by atoms with Crippen LogP contribution in [0.15, 0.2) is 59.7 Å². The van der Waals surface area contributed by atoms with Crippen molar-refractivity contribution < 1.29 is 9.53 Å². The molecule has 0 spiro atoms. The summed E-state index contributed by atoms with van der Waals surface area (Å²) in [6.45, 7) is 1.55. The molecule has 5 rings (SSSR count). The van der Waals surface area contributed by atoms with Gasteiger partial charge in [-0.2, -0.15) is 0 Å². The summed E-state index contributed by atoms with van der Waals surface area (Å²) < 4.78 is 7.10. The summed E-state index contributed by atoms with van der Waals surface area (Å²) in [7, 11) is 1.65. The molecule has 0 bridgehead atoms. The van der Waals surface area contributed by atoms with Crippen LogP contribution in [0, 0.1) is 0 Å². The Balaban J connectivity index is 1.40. The van der Waals surface area contributed by atoms with E-state index in [1.807, 2.05) is 29.2 Å². The highest BCUT2D eigenvalue weighted by molar-refractivity contribution is 7.18. The number of amides is 1. The number of hydrogen-bond acceptors (Lipinski definition) is 5. The van der Waals surface area contributed by atoms with Crippen LogP contribution in [-0.4, -0.2) is 34.0 Å². The number of carbonyl (C=O) groups excluding carboxylic acids is 1. The summed E-state index contributed by atoms with van der Waals surface area (Å²) in [5.74, 6) is 0.764. The summed E-state index contributed by atoms with van der Waals surface area (Å²) in [6.07, 6.45) is 2.93. The zero-order valence-electron chi connectivity index (χ0n) is 18.1. The molecular weight excluding hydrogens is 458 g/mol. The predicted octanol–water partition coefficient (Wildman–Crippen LogP) is 4.56. The van der Waals surface area contributed by atoms with Gasteiger partial charge < -0.3 is 9.64 Å². The first-order chi connectivity index (χ1) is 16.0. The number of ether oxygens (including phenoxy) is 1. The van der Waals surface area contributed by atoms with Crippen molar-refractivity contribution in [2.75, 3.05) is 13.7 Å². The normalized spacial score (nSPS) is 13.2. The molecule has 0 fully saturated rings. The van der Waals surface area contributed by atoms with E-state index in [0.717, 1.165) is 26.6 Å². The first-order valence-corrected chi connectivity index (χ1v) is 11.9. The number of thiophene rings is 1. The molecule has 1 aliphatic heterocycles. The van der Waals surface area contributed by atoms with Crippen molar-refractivity contribution in [3.63, 3.8) is 0 Å². The van der Waals surface area contributed by atoms with Crippen LogP contribution in [0.25, 0.3) is 10.2 Å². The van der Waals surface area contributed by atoms with E-state index in [1.165, 1.54) is 11.3 Å².